The van der Waals surface area contributed by atoms with Crippen molar-refractivity contribution >= 4 is 45.3 Å². The Hall–Kier alpha value is -4.15. The van der Waals surface area contributed by atoms with Gasteiger partial charge in [0.15, 0.2) is 0 Å². The quantitative estimate of drug-likeness (QED) is 0.173. The molecule has 0 saturated carbocycles. The molecule has 0 fully saturated rings. The molecule has 4 aromatic carbocycles. The number of nitrogens with zero attached hydrogens (tertiary/aromatic N) is 3. The van der Waals surface area contributed by atoms with E-state index in [4.69, 9.17) is 5.10 Å². The van der Waals surface area contributed by atoms with E-state index in [1.807, 2.05) is 35.5 Å². The lowest BCUT2D eigenvalue weighted by molar-refractivity contribution is 1.11. The summed E-state index contributed by atoms with van der Waals surface area (Å²) < 4.78 is 0. The van der Waals surface area contributed by atoms with E-state index in [1.54, 1.807) is 11.3 Å². The molecule has 0 spiro atoms. The molecule has 0 aliphatic heterocycles. The van der Waals surface area contributed by atoms with E-state index in [9.17, 15) is 0 Å². The predicted molar refractivity (Wildman–Crippen MR) is 151 cm³/mol. The molecular weight excluding hydrogens is 446 g/mol. The van der Waals surface area contributed by atoms with E-state index < -0.39 is 0 Å². The Labute approximate surface area is 211 Å². The number of rotatable bonds is 7. The van der Waals surface area contributed by atoms with Crippen molar-refractivity contribution in [2.45, 2.75) is 13.8 Å². The van der Waals surface area contributed by atoms with Gasteiger partial charge in [-0.1, -0.05) is 60.2 Å². The molecule has 0 amide bonds. The Balaban J connectivity index is 1.46. The van der Waals surface area contributed by atoms with Gasteiger partial charge in [0.05, 0.1) is 11.9 Å². The molecule has 0 N–H and O–H groups in total. The third kappa shape index (κ3) is 5.34. The topological polar surface area (TPSA) is 18.8 Å². The summed E-state index contributed by atoms with van der Waals surface area (Å²) in [6.07, 6.45) is 1.92. The van der Waals surface area contributed by atoms with Crippen LogP contribution in [0.1, 0.15) is 16.7 Å². The highest BCUT2D eigenvalue weighted by molar-refractivity contribution is 7.14. The van der Waals surface area contributed by atoms with Gasteiger partial charge in [-0.25, -0.2) is 5.01 Å². The van der Waals surface area contributed by atoms with Crippen LogP contribution in [0.4, 0.5) is 27.8 Å². The second-order valence-corrected chi connectivity index (χ2v) is 9.37. The van der Waals surface area contributed by atoms with Crippen LogP contribution in [0.3, 0.4) is 0 Å². The number of hydrogen-bond donors (Lipinski definition) is 0. The number of hydrazone groups is 1. The minimum atomic E-state index is 1.04. The van der Waals surface area contributed by atoms with Crippen LogP contribution < -0.4 is 9.91 Å². The Kier molecular flexibility index (Phi) is 6.73. The zero-order valence-corrected chi connectivity index (χ0v) is 20.7. The van der Waals surface area contributed by atoms with Crippen LogP contribution in [0.2, 0.25) is 0 Å². The molecular formula is C31H27N3S. The molecule has 5 rings (SSSR count). The number of hydrogen-bond acceptors (Lipinski definition) is 4. The summed E-state index contributed by atoms with van der Waals surface area (Å²) in [6, 6.07) is 40.2. The Morgan fingerprint density at radius 3 is 1.94 bits per heavy atom. The first kappa shape index (κ1) is 22.6. The maximum absolute atomic E-state index is 4.82. The van der Waals surface area contributed by atoms with Gasteiger partial charge in [0.1, 0.15) is 5.00 Å². The van der Waals surface area contributed by atoms with Crippen molar-refractivity contribution in [3.05, 3.63) is 137 Å². The fourth-order valence-corrected chi connectivity index (χ4v) is 4.66. The average molecular weight is 474 g/mol. The van der Waals surface area contributed by atoms with Gasteiger partial charge >= 0.3 is 0 Å². The number of benzene rings is 4. The van der Waals surface area contributed by atoms with Crippen molar-refractivity contribution in [2.24, 2.45) is 5.10 Å². The van der Waals surface area contributed by atoms with Crippen LogP contribution in [0.25, 0.3) is 0 Å². The Bertz CT molecular complexity index is 1390. The van der Waals surface area contributed by atoms with Gasteiger partial charge in [0.25, 0.3) is 0 Å². The molecule has 0 atom stereocenters. The fraction of sp³-hybridized carbons (Fsp3) is 0.0645. The molecule has 1 heterocycles. The standard InChI is InChI=1S/C31H27N3S/c1-24-13-17-27(18-14-24)33(30-11-6-8-25(2)22-30)28-19-15-26(16-20-28)23-32-34(31-12-7-21-35-31)29-9-4-3-5-10-29/h3-23H,1-2H3/b32-23+. The van der Waals surface area contributed by atoms with Gasteiger partial charge in [-0.2, -0.15) is 5.10 Å². The summed E-state index contributed by atoms with van der Waals surface area (Å²) in [5.41, 5.74) is 7.94. The predicted octanol–water partition coefficient (Wildman–Crippen LogP) is 9.01. The molecule has 172 valence electrons. The van der Waals surface area contributed by atoms with Gasteiger partial charge in [-0.15, -0.1) is 11.3 Å². The second-order valence-electron chi connectivity index (χ2n) is 8.44. The van der Waals surface area contributed by atoms with Gasteiger partial charge in [0.2, 0.25) is 0 Å². The molecule has 5 aromatic rings. The van der Waals surface area contributed by atoms with E-state index in [0.29, 0.717) is 0 Å². The summed E-state index contributed by atoms with van der Waals surface area (Å²) in [4.78, 5) is 2.29. The second kappa shape index (κ2) is 10.4. The monoisotopic (exact) mass is 473 g/mol. The highest BCUT2D eigenvalue weighted by Crippen LogP contribution is 2.35. The maximum atomic E-state index is 4.82. The van der Waals surface area contributed by atoms with Crippen LogP contribution >= 0.6 is 11.3 Å². The molecule has 0 aliphatic carbocycles. The maximum Gasteiger partial charge on any atom is 0.118 e. The van der Waals surface area contributed by atoms with E-state index in [1.165, 1.54) is 11.1 Å². The van der Waals surface area contributed by atoms with Crippen LogP contribution in [-0.2, 0) is 0 Å². The number of thiophene rings is 1. The molecule has 4 heteroatoms. The number of anilines is 5. The first-order valence-electron chi connectivity index (χ1n) is 11.6. The Morgan fingerprint density at radius 1 is 0.600 bits per heavy atom. The smallest absolute Gasteiger partial charge is 0.118 e. The molecule has 0 radical (unpaired) electrons. The molecule has 3 nitrogen and oxygen atoms in total. The minimum Gasteiger partial charge on any atom is -0.310 e. The van der Waals surface area contributed by atoms with Gasteiger partial charge < -0.3 is 4.90 Å². The molecule has 0 aliphatic rings. The van der Waals surface area contributed by atoms with Crippen molar-refractivity contribution in [3.8, 4) is 0 Å². The third-order valence-electron chi connectivity index (χ3n) is 5.74. The Morgan fingerprint density at radius 2 is 1.29 bits per heavy atom. The number of para-hydroxylation sites is 1. The lowest BCUT2D eigenvalue weighted by Gasteiger charge is -2.26. The van der Waals surface area contributed by atoms with Crippen LogP contribution in [-0.4, -0.2) is 6.21 Å². The zero-order valence-electron chi connectivity index (χ0n) is 19.9. The summed E-state index contributed by atoms with van der Waals surface area (Å²) >= 11 is 1.67. The van der Waals surface area contributed by atoms with Crippen LogP contribution in [0.15, 0.2) is 126 Å². The number of aryl methyl sites for hydroxylation is 2. The van der Waals surface area contributed by atoms with Crippen LogP contribution in [0.5, 0.6) is 0 Å². The van der Waals surface area contributed by atoms with Gasteiger partial charge in [-0.3, -0.25) is 0 Å². The first-order chi connectivity index (χ1) is 17.2. The largest absolute Gasteiger partial charge is 0.310 e. The minimum absolute atomic E-state index is 1.04. The average Bonchev–Trinajstić information content (AvgIpc) is 3.42. The SMILES string of the molecule is Cc1ccc(N(c2ccc(/C=N/N(c3ccccc3)c3cccs3)cc2)c2cccc(C)c2)cc1. The first-order valence-corrected chi connectivity index (χ1v) is 12.5. The molecule has 0 saturated heterocycles. The van der Waals surface area contributed by atoms with E-state index in [-0.39, 0.29) is 0 Å². The lowest BCUT2D eigenvalue weighted by atomic mass is 10.1. The summed E-state index contributed by atoms with van der Waals surface area (Å²) in [7, 11) is 0. The van der Waals surface area contributed by atoms with E-state index in [0.717, 1.165) is 33.3 Å². The molecule has 0 bridgehead atoms. The lowest BCUT2D eigenvalue weighted by Crippen LogP contribution is -2.10. The highest BCUT2D eigenvalue weighted by Gasteiger charge is 2.13. The van der Waals surface area contributed by atoms with Crippen LogP contribution in [0, 0.1) is 13.8 Å². The summed E-state index contributed by atoms with van der Waals surface area (Å²) in [6.45, 7) is 4.24. The van der Waals surface area contributed by atoms with E-state index >= 15 is 0 Å². The fourth-order valence-electron chi connectivity index (χ4n) is 3.95. The molecule has 35 heavy (non-hydrogen) atoms. The third-order valence-corrected chi connectivity index (χ3v) is 6.58. The van der Waals surface area contributed by atoms with Crippen molar-refractivity contribution in [1.29, 1.82) is 0 Å². The highest BCUT2D eigenvalue weighted by atomic mass is 32.1. The van der Waals surface area contributed by atoms with Gasteiger partial charge in [0, 0.05) is 17.1 Å². The normalized spacial score (nSPS) is 11.0. The van der Waals surface area contributed by atoms with Crippen molar-refractivity contribution in [3.63, 3.8) is 0 Å². The van der Waals surface area contributed by atoms with Crippen molar-refractivity contribution in [2.75, 3.05) is 9.91 Å². The summed E-state index contributed by atoms with van der Waals surface area (Å²) in [5.74, 6) is 0. The van der Waals surface area contributed by atoms with Crippen molar-refractivity contribution in [1.82, 2.24) is 0 Å². The van der Waals surface area contributed by atoms with Crippen molar-refractivity contribution < 1.29 is 0 Å². The van der Waals surface area contributed by atoms with Gasteiger partial charge in [-0.05, 0) is 91.0 Å². The zero-order chi connectivity index (χ0) is 24.0. The molecule has 1 aromatic heterocycles. The molecule has 0 unspecified atom stereocenters. The van der Waals surface area contributed by atoms with E-state index in [2.05, 4.69) is 115 Å². The summed E-state index contributed by atoms with van der Waals surface area (Å²) in [5, 5.41) is 9.95.